The van der Waals surface area contributed by atoms with Crippen LogP contribution in [0, 0.1) is 13.1 Å². The van der Waals surface area contributed by atoms with Crippen LogP contribution in [0.3, 0.4) is 0 Å². The quantitative estimate of drug-likeness (QED) is 0.0420. The number of nitrogens with one attached hydrogen (secondary N) is 1. The Kier molecular flexibility index (Phi) is 25.9. The summed E-state index contributed by atoms with van der Waals surface area (Å²) in [5.74, 6) is -2.06. The average molecular weight is 1120 g/mol. The molecule has 0 unspecified atom stereocenters. The van der Waals surface area contributed by atoms with Crippen molar-refractivity contribution in [1.82, 2.24) is 0 Å². The predicted molar refractivity (Wildman–Crippen MR) is 215 cm³/mol. The van der Waals surface area contributed by atoms with Crippen LogP contribution < -0.4 is 11.1 Å². The number of carboxylic acid groups (broad SMARTS) is 1. The van der Waals surface area contributed by atoms with Gasteiger partial charge in [-0.15, -0.1) is 0 Å². The number of nitrogen functional groups attached to an aromatic ring is 1. The van der Waals surface area contributed by atoms with Gasteiger partial charge in [-0.1, -0.05) is 75.9 Å². The number of carbonyl (C=O) groups excluding carboxylic acids is 3. The molecule has 0 aliphatic carbocycles. The minimum absolute atomic E-state index is 0.000255. The van der Waals surface area contributed by atoms with Gasteiger partial charge in [-0.05, 0) is 75.2 Å². The average Bonchev–Trinajstić information content (AvgIpc) is 3.11. The Balaban J connectivity index is -0.000000683. The molecule has 0 heterocycles. The van der Waals surface area contributed by atoms with Crippen LogP contribution in [0.2, 0.25) is 0 Å². The molecular weight excluding hydrogens is 1090 g/mol. The number of hydrogen-bond donors (Lipinski definition) is 7. The second-order valence-electron chi connectivity index (χ2n) is 11.7. The minimum atomic E-state index is -4.70. The van der Waals surface area contributed by atoms with Crippen LogP contribution in [0.1, 0.15) is 38.8 Å². The summed E-state index contributed by atoms with van der Waals surface area (Å²) in [6, 6.07) is 5.88. The van der Waals surface area contributed by atoms with Crippen molar-refractivity contribution in [3.05, 3.63) is 70.4 Å². The van der Waals surface area contributed by atoms with Gasteiger partial charge in [0, 0.05) is 32.7 Å². The van der Waals surface area contributed by atoms with Crippen LogP contribution in [0.5, 0.6) is 0 Å². The van der Waals surface area contributed by atoms with E-state index in [0.717, 1.165) is 18.2 Å². The summed E-state index contributed by atoms with van der Waals surface area (Å²) in [5, 5.41) is 45.3. The van der Waals surface area contributed by atoms with Crippen molar-refractivity contribution in [3.8, 4) is 0 Å². The van der Waals surface area contributed by atoms with E-state index in [0.29, 0.717) is 6.07 Å². The highest BCUT2D eigenvalue weighted by atomic mass is 79.9. The van der Waals surface area contributed by atoms with Crippen LogP contribution in [-0.2, 0) is 31.5 Å². The molecule has 0 saturated carbocycles. The van der Waals surface area contributed by atoms with Crippen molar-refractivity contribution in [2.75, 3.05) is 32.4 Å². The first kappa shape index (κ1) is 58.7. The summed E-state index contributed by atoms with van der Waals surface area (Å²) >= 11 is 21.5. The van der Waals surface area contributed by atoms with Gasteiger partial charge in [-0.25, -0.2) is 14.5 Å². The highest BCUT2D eigenvalue weighted by Crippen LogP contribution is 2.39. The van der Waals surface area contributed by atoms with Crippen LogP contribution in [0.15, 0.2) is 36.4 Å². The molecule has 0 radical (unpaired) electrons. The molecule has 0 saturated heterocycles. The maximum absolute atomic E-state index is 12.7. The zero-order valence-electron chi connectivity index (χ0n) is 29.7. The van der Waals surface area contributed by atoms with Crippen LogP contribution in [-0.4, -0.2) is 91.6 Å². The van der Waals surface area contributed by atoms with Gasteiger partial charge in [0.2, 0.25) is 0 Å². The van der Waals surface area contributed by atoms with Crippen LogP contribution >= 0.6 is 86.9 Å². The first-order chi connectivity index (χ1) is 25.6. The summed E-state index contributed by atoms with van der Waals surface area (Å²) in [7, 11) is 0. The number of anilines is 2. The fourth-order valence-corrected chi connectivity index (χ4v) is 3.77. The van der Waals surface area contributed by atoms with Gasteiger partial charge in [0.1, 0.15) is 16.8 Å². The molecule has 0 spiro atoms. The van der Waals surface area contributed by atoms with Gasteiger partial charge in [0.05, 0.1) is 24.3 Å². The summed E-state index contributed by atoms with van der Waals surface area (Å²) in [6.07, 6.45) is -9.21. The second-order valence-corrected chi connectivity index (χ2v) is 14.6. The Morgan fingerprint density at radius 1 is 0.667 bits per heavy atom. The summed E-state index contributed by atoms with van der Waals surface area (Å²) in [6.45, 7) is 18.3. The number of carboxylic acids is 1. The molecule has 57 heavy (non-hydrogen) atoms. The third-order valence-electron chi connectivity index (χ3n) is 5.96. The van der Waals surface area contributed by atoms with Gasteiger partial charge in [-0.2, -0.15) is 26.3 Å². The van der Waals surface area contributed by atoms with Crippen molar-refractivity contribution in [2.24, 2.45) is 0 Å². The molecule has 0 fully saturated rings. The first-order valence-electron chi connectivity index (χ1n) is 14.6. The Hall–Kier alpha value is -2.58. The molecule has 25 heteroatoms. The van der Waals surface area contributed by atoms with E-state index in [4.69, 9.17) is 62.5 Å². The number of aliphatic carboxylic acids is 1. The lowest BCUT2D eigenvalue weighted by molar-refractivity contribution is -0.154. The highest BCUT2D eigenvalue weighted by molar-refractivity contribution is 9.09. The molecule has 13 nitrogen and oxygen atoms in total. The zero-order chi connectivity index (χ0) is 46.0. The van der Waals surface area contributed by atoms with Gasteiger partial charge in [0.25, 0.3) is 16.4 Å². The number of halogens is 12. The molecule has 2 aromatic rings. The molecule has 0 aromatic heterocycles. The molecule has 8 N–H and O–H groups in total. The Morgan fingerprint density at radius 2 is 1.00 bits per heavy atom. The van der Waals surface area contributed by atoms with E-state index in [2.05, 4.69) is 78.7 Å². The molecule has 4 atom stereocenters. The van der Waals surface area contributed by atoms with Gasteiger partial charge in [-0.3, -0.25) is 14.4 Å². The number of nitrogens with two attached hydrogens (primary N) is 1. The van der Waals surface area contributed by atoms with Crippen molar-refractivity contribution >= 4 is 132 Å². The first-order valence-corrected chi connectivity index (χ1v) is 19.8. The van der Waals surface area contributed by atoms with Crippen molar-refractivity contribution in [1.29, 1.82) is 0 Å². The number of hydrogen-bond acceptors (Lipinski definition) is 9. The number of rotatable bonds is 9. The third kappa shape index (κ3) is 22.4. The summed E-state index contributed by atoms with van der Waals surface area (Å²) < 4.78 is 74.9. The maximum atomic E-state index is 12.7. The molecule has 1 amide bonds. The lowest BCUT2D eigenvalue weighted by Crippen LogP contribution is -2.41. The number of benzene rings is 2. The molecule has 2 aromatic carbocycles. The van der Waals surface area contributed by atoms with E-state index in [1.165, 1.54) is 39.8 Å². The van der Waals surface area contributed by atoms with E-state index in [1.54, 1.807) is 0 Å². The molecule has 2 rings (SSSR count). The molecule has 0 bridgehead atoms. The lowest BCUT2D eigenvalue weighted by atomic mass is 10.1. The summed E-state index contributed by atoms with van der Waals surface area (Å²) in [4.78, 5) is 47.5. The predicted octanol–water partition coefficient (Wildman–Crippen LogP) is 8.19. The highest BCUT2D eigenvalue weighted by Gasteiger charge is 2.35. The molecule has 0 aliphatic rings. The number of nitrogens with zero attached hydrogens (tertiary/aromatic N) is 2. The fourth-order valence-electron chi connectivity index (χ4n) is 2.31. The normalized spacial score (nSPS) is 14.8. The summed E-state index contributed by atoms with van der Waals surface area (Å²) in [5.41, 5.74) is -4.28. The van der Waals surface area contributed by atoms with Crippen molar-refractivity contribution in [2.45, 2.75) is 62.5 Å². The van der Waals surface area contributed by atoms with E-state index < -0.39 is 79.6 Å². The van der Waals surface area contributed by atoms with E-state index in [-0.39, 0.29) is 32.7 Å². The van der Waals surface area contributed by atoms with Gasteiger partial charge >= 0.3 is 18.3 Å². The molecule has 0 aliphatic heterocycles. The lowest BCUT2D eigenvalue weighted by Gasteiger charge is -2.20. The number of alkyl halides is 10. The van der Waals surface area contributed by atoms with Crippen LogP contribution in [0.4, 0.5) is 49.1 Å². The topological polar surface area (TPSA) is 216 Å². The zero-order valence-corrected chi connectivity index (χ0v) is 37.5. The second kappa shape index (κ2) is 25.1. The molecule has 320 valence electrons. The maximum Gasteiger partial charge on any atom is 0.407 e. The van der Waals surface area contributed by atoms with E-state index >= 15 is 0 Å². The van der Waals surface area contributed by atoms with E-state index in [9.17, 15) is 50.6 Å². The fraction of sp³-hybridized carbons (Fsp3) is 0.438. The van der Waals surface area contributed by atoms with Gasteiger partial charge in [0.15, 0.2) is 17.0 Å². The van der Waals surface area contributed by atoms with Crippen molar-refractivity contribution < 1.29 is 71.1 Å². The van der Waals surface area contributed by atoms with E-state index in [1.807, 2.05) is 0 Å². The molecular formula is C32H34Br4Cl2F6N4O9. The van der Waals surface area contributed by atoms with Crippen molar-refractivity contribution in [3.63, 3.8) is 0 Å². The Bertz CT molecular complexity index is 1710. The largest absolute Gasteiger partial charge is 0.479 e. The SMILES string of the molecule is C[C@](O)(CBr)C(=O)Cl.C[C@](O)(CBr)C(=O)Cl.C[C@](O)(CBr)C(=O)O.[C-]#[N+]c1ccc(N)cc1C(F)(F)F.[C-]#[N+]c1ccc(NC(=O)[C@@](C)(O)CBr)cc1C(F)(F)F. The number of carbonyl (C=O) groups is 4. The Morgan fingerprint density at radius 3 is 1.25 bits per heavy atom. The standard InChI is InChI=1S/C12H10BrF3N2O2.C8H5F3N2.2C4H6BrClO2.C4H7BrO3/c1-11(20,6-13)10(19)18-7-3-4-9(17-2)8(5-7)12(14,15)16;1-13-7-3-2-5(12)4-6(7)8(9,10)11;3*1-4(8,2-5)3(6)7/h3-5,20H,6H2,1H3,(H,18,19);2-4H,12H2;2*8H,2H2,1H3;8H,2H2,1H3,(H,6,7)/t11-;;3*4-/m0.000/s1. The Labute approximate surface area is 366 Å². The van der Waals surface area contributed by atoms with Gasteiger partial charge < -0.3 is 36.6 Å². The minimum Gasteiger partial charge on any atom is -0.479 e. The third-order valence-corrected chi connectivity index (χ3v) is 11.1. The van der Waals surface area contributed by atoms with Crippen LogP contribution in [0.25, 0.3) is 9.69 Å². The number of amides is 1. The monoisotopic (exact) mass is 1120 g/mol. The smallest absolute Gasteiger partial charge is 0.407 e. The number of aliphatic hydroxyl groups is 4.